The molecule has 0 saturated heterocycles. The number of amides is 1. The van der Waals surface area contributed by atoms with Crippen LogP contribution in [0, 0.1) is 5.92 Å². The van der Waals surface area contributed by atoms with Crippen LogP contribution < -0.4 is 14.2 Å². The Labute approximate surface area is 263 Å². The maximum absolute atomic E-state index is 13.5. The van der Waals surface area contributed by atoms with E-state index in [1.165, 1.54) is 19.2 Å². The lowest BCUT2D eigenvalue weighted by molar-refractivity contribution is -0.134. The average molecular weight is 651 g/mol. The number of sulfonamides is 1. The normalized spacial score (nSPS) is 18.2. The van der Waals surface area contributed by atoms with Crippen LogP contribution in [-0.4, -0.2) is 75.2 Å². The van der Waals surface area contributed by atoms with Crippen molar-refractivity contribution in [2.75, 3.05) is 38.6 Å². The van der Waals surface area contributed by atoms with E-state index in [9.17, 15) is 18.3 Å². The number of rotatable bonds is 10. The molecule has 232 valence electrons. The van der Waals surface area contributed by atoms with Crippen molar-refractivity contribution in [1.82, 2.24) is 9.80 Å². The van der Waals surface area contributed by atoms with Crippen LogP contribution >= 0.6 is 23.2 Å². The number of anilines is 1. The van der Waals surface area contributed by atoms with Crippen LogP contribution in [-0.2, 0) is 27.8 Å². The summed E-state index contributed by atoms with van der Waals surface area (Å²) in [7, 11) is -0.419. The molecule has 1 aliphatic heterocycles. The maximum atomic E-state index is 13.5. The molecule has 0 bridgehead atoms. The van der Waals surface area contributed by atoms with E-state index in [1.54, 1.807) is 48.2 Å². The van der Waals surface area contributed by atoms with E-state index >= 15 is 0 Å². The molecule has 4 rings (SSSR count). The molecule has 1 heterocycles. The first-order valence-electron chi connectivity index (χ1n) is 13.9. The third kappa shape index (κ3) is 8.33. The Morgan fingerprint density at radius 1 is 1.12 bits per heavy atom. The lowest BCUT2D eigenvalue weighted by Gasteiger charge is -2.34. The van der Waals surface area contributed by atoms with Gasteiger partial charge >= 0.3 is 0 Å². The Bertz CT molecular complexity index is 1540. The van der Waals surface area contributed by atoms with Gasteiger partial charge in [0.05, 0.1) is 41.1 Å². The van der Waals surface area contributed by atoms with Gasteiger partial charge in [-0.25, -0.2) is 8.42 Å². The molecule has 2 N–H and O–H groups in total. The number of fused-ring (bicyclic) bond motifs is 1. The molecule has 1 amide bonds. The van der Waals surface area contributed by atoms with Crippen LogP contribution in [0.2, 0.25) is 10.0 Å². The van der Waals surface area contributed by atoms with Gasteiger partial charge in [0.1, 0.15) is 17.6 Å². The number of aliphatic hydroxyl groups excluding tert-OH is 1. The number of carbonyl (C=O) groups is 1. The first kappa shape index (κ1) is 32.9. The smallest absolute Gasteiger partial charge is 0.261 e. The van der Waals surface area contributed by atoms with Gasteiger partial charge in [-0.3, -0.25) is 14.4 Å². The monoisotopic (exact) mass is 649 g/mol. The topological polar surface area (TPSA) is 108 Å². The zero-order valence-corrected chi connectivity index (χ0v) is 26.9. The highest BCUT2D eigenvalue weighted by Crippen LogP contribution is 2.31. The molecule has 0 radical (unpaired) electrons. The SMILES string of the molecule is COc1ccc(S(=O)(=O)Nc2ccc3c(c2)CC(=O)N([C@@H](C)CO)C[C@@H](C)[C@H](CN(C)Cc2ccc(Cl)c(Cl)c2)O3)cc1. The lowest BCUT2D eigenvalue weighted by atomic mass is 10.0. The maximum Gasteiger partial charge on any atom is 0.261 e. The fourth-order valence-electron chi connectivity index (χ4n) is 5.00. The molecule has 3 aromatic rings. The number of hydrogen-bond acceptors (Lipinski definition) is 7. The number of hydrogen-bond donors (Lipinski definition) is 2. The van der Waals surface area contributed by atoms with Crippen LogP contribution in [0.3, 0.4) is 0 Å². The van der Waals surface area contributed by atoms with Gasteiger partial charge in [-0.05, 0) is 74.1 Å². The molecular weight excluding hydrogens is 613 g/mol. The summed E-state index contributed by atoms with van der Waals surface area (Å²) in [5.41, 5.74) is 1.84. The zero-order valence-electron chi connectivity index (χ0n) is 24.6. The number of nitrogens with zero attached hydrogens (tertiary/aromatic N) is 2. The van der Waals surface area contributed by atoms with Crippen molar-refractivity contribution in [2.45, 2.75) is 43.9 Å². The Morgan fingerprint density at radius 3 is 2.49 bits per heavy atom. The van der Waals surface area contributed by atoms with Gasteiger partial charge in [-0.2, -0.15) is 0 Å². The largest absolute Gasteiger partial charge is 0.497 e. The van der Waals surface area contributed by atoms with Crippen LogP contribution in [0.1, 0.15) is 25.0 Å². The number of ether oxygens (including phenoxy) is 2. The minimum atomic E-state index is -3.90. The molecule has 1 aliphatic rings. The van der Waals surface area contributed by atoms with Crippen LogP contribution in [0.4, 0.5) is 5.69 Å². The second-order valence-electron chi connectivity index (χ2n) is 10.9. The Hall–Kier alpha value is -3.02. The second kappa shape index (κ2) is 14.2. The number of aliphatic hydroxyl groups is 1. The Balaban J connectivity index is 1.62. The Kier molecular flexibility index (Phi) is 10.8. The summed E-state index contributed by atoms with van der Waals surface area (Å²) in [6.45, 7) is 5.15. The molecule has 0 unspecified atom stereocenters. The van der Waals surface area contributed by atoms with Gasteiger partial charge in [0.25, 0.3) is 10.0 Å². The number of nitrogens with one attached hydrogen (secondary N) is 1. The third-order valence-corrected chi connectivity index (χ3v) is 9.60. The molecule has 0 spiro atoms. The van der Waals surface area contributed by atoms with Gasteiger partial charge in [-0.1, -0.05) is 36.2 Å². The van der Waals surface area contributed by atoms with Crippen molar-refractivity contribution in [3.8, 4) is 11.5 Å². The molecule has 0 aromatic heterocycles. The molecule has 0 fully saturated rings. The summed E-state index contributed by atoms with van der Waals surface area (Å²) in [4.78, 5) is 17.4. The molecule has 0 saturated carbocycles. The van der Waals surface area contributed by atoms with E-state index in [0.717, 1.165) is 5.56 Å². The van der Waals surface area contributed by atoms with E-state index in [1.807, 2.05) is 26.1 Å². The minimum absolute atomic E-state index is 0.0175. The van der Waals surface area contributed by atoms with Gasteiger partial charge in [-0.15, -0.1) is 0 Å². The van der Waals surface area contributed by atoms with Gasteiger partial charge in [0, 0.05) is 36.8 Å². The predicted molar refractivity (Wildman–Crippen MR) is 169 cm³/mol. The summed E-state index contributed by atoms with van der Waals surface area (Å²) < 4.78 is 40.5. The van der Waals surface area contributed by atoms with Crippen molar-refractivity contribution in [3.63, 3.8) is 0 Å². The first-order chi connectivity index (χ1) is 20.4. The van der Waals surface area contributed by atoms with E-state index < -0.39 is 16.1 Å². The van der Waals surface area contributed by atoms with E-state index in [2.05, 4.69) is 9.62 Å². The fourth-order valence-corrected chi connectivity index (χ4v) is 6.37. The highest BCUT2D eigenvalue weighted by molar-refractivity contribution is 7.92. The number of halogens is 2. The van der Waals surface area contributed by atoms with Gasteiger partial charge in [0.15, 0.2) is 0 Å². The minimum Gasteiger partial charge on any atom is -0.497 e. The molecule has 12 heteroatoms. The number of carbonyl (C=O) groups excluding carboxylic acids is 1. The van der Waals surface area contributed by atoms with Crippen molar-refractivity contribution in [1.29, 1.82) is 0 Å². The first-order valence-corrected chi connectivity index (χ1v) is 16.1. The van der Waals surface area contributed by atoms with Crippen molar-refractivity contribution in [3.05, 3.63) is 81.8 Å². The highest BCUT2D eigenvalue weighted by Gasteiger charge is 2.31. The van der Waals surface area contributed by atoms with E-state index in [0.29, 0.717) is 52.4 Å². The molecular formula is C31H37Cl2N3O6S. The van der Waals surface area contributed by atoms with Crippen LogP contribution in [0.25, 0.3) is 0 Å². The molecule has 43 heavy (non-hydrogen) atoms. The highest BCUT2D eigenvalue weighted by atomic mass is 35.5. The summed E-state index contributed by atoms with van der Waals surface area (Å²) >= 11 is 12.3. The summed E-state index contributed by atoms with van der Waals surface area (Å²) in [5, 5.41) is 10.9. The zero-order chi connectivity index (χ0) is 31.3. The van der Waals surface area contributed by atoms with Gasteiger partial charge < -0.3 is 19.5 Å². The molecule has 0 aliphatic carbocycles. The van der Waals surface area contributed by atoms with Crippen molar-refractivity contribution >= 4 is 44.8 Å². The van der Waals surface area contributed by atoms with Crippen molar-refractivity contribution < 1.29 is 27.8 Å². The van der Waals surface area contributed by atoms with Crippen LogP contribution in [0.15, 0.2) is 65.6 Å². The molecule has 3 aromatic carbocycles. The summed E-state index contributed by atoms with van der Waals surface area (Å²) in [5.74, 6) is 0.769. The Morgan fingerprint density at radius 2 is 1.84 bits per heavy atom. The summed E-state index contributed by atoms with van der Waals surface area (Å²) in [6.07, 6.45) is -0.344. The van der Waals surface area contributed by atoms with Crippen molar-refractivity contribution in [2.24, 2.45) is 5.92 Å². The standard InChI is InChI=1S/C31H37Cl2N3O6S/c1-20-16-36(21(2)19-37)31(38)15-23-14-24(34-43(39,40)26-9-7-25(41-4)8-10-26)6-12-29(23)42-30(20)18-35(3)17-22-5-11-27(32)28(33)13-22/h5-14,20-21,30,34,37H,15-19H2,1-4H3/t20-,21+,30+/m1/s1. The predicted octanol–water partition coefficient (Wildman–Crippen LogP) is 5.08. The van der Waals surface area contributed by atoms with E-state index in [4.69, 9.17) is 32.7 Å². The summed E-state index contributed by atoms with van der Waals surface area (Å²) in [6, 6.07) is 16.1. The fraction of sp³-hybridized carbons (Fsp3) is 0.387. The van der Waals surface area contributed by atoms with Crippen LogP contribution in [0.5, 0.6) is 11.5 Å². The van der Waals surface area contributed by atoms with Gasteiger partial charge in [0.2, 0.25) is 5.91 Å². The number of benzene rings is 3. The average Bonchev–Trinajstić information content (AvgIpc) is 3.01. The third-order valence-electron chi connectivity index (χ3n) is 7.47. The number of likely N-dealkylation sites (N-methyl/N-ethyl adjacent to an activating group) is 1. The molecule has 3 atom stereocenters. The molecule has 9 nitrogen and oxygen atoms in total. The second-order valence-corrected chi connectivity index (χ2v) is 13.4. The lowest BCUT2D eigenvalue weighted by Crippen LogP contribution is -2.47. The van der Waals surface area contributed by atoms with E-state index in [-0.39, 0.29) is 35.9 Å². The quantitative estimate of drug-likeness (QED) is 0.315. The number of methoxy groups -OCH3 is 1.